The van der Waals surface area contributed by atoms with Crippen LogP contribution in [0.4, 0.5) is 0 Å². The van der Waals surface area contributed by atoms with Crippen LogP contribution >= 0.6 is 0 Å². The molecule has 31 heavy (non-hydrogen) atoms. The minimum Gasteiger partial charge on any atom is -0.450 e. The van der Waals surface area contributed by atoms with Crippen molar-refractivity contribution < 1.29 is 28.6 Å². The van der Waals surface area contributed by atoms with Crippen molar-refractivity contribution in [2.24, 2.45) is 5.92 Å². The highest BCUT2D eigenvalue weighted by Crippen LogP contribution is 2.49. The largest absolute Gasteiger partial charge is 0.450 e. The fourth-order valence-corrected chi connectivity index (χ4v) is 4.18. The van der Waals surface area contributed by atoms with Crippen molar-refractivity contribution in [1.82, 2.24) is 10.2 Å². The van der Waals surface area contributed by atoms with Crippen molar-refractivity contribution in [3.05, 3.63) is 35.9 Å². The van der Waals surface area contributed by atoms with Crippen LogP contribution in [-0.4, -0.2) is 59.9 Å². The van der Waals surface area contributed by atoms with Crippen molar-refractivity contribution >= 4 is 17.8 Å². The molecule has 2 aliphatic heterocycles. The Kier molecular flexibility index (Phi) is 6.71. The molecule has 0 aliphatic carbocycles. The second-order valence-electron chi connectivity index (χ2n) is 8.75. The van der Waals surface area contributed by atoms with Gasteiger partial charge in [-0.3, -0.25) is 9.59 Å². The zero-order valence-corrected chi connectivity index (χ0v) is 18.8. The van der Waals surface area contributed by atoms with Crippen LogP contribution in [0.15, 0.2) is 30.3 Å². The first-order chi connectivity index (χ1) is 14.6. The number of amides is 2. The first-order valence-electron chi connectivity index (χ1n) is 10.8. The molecular formula is C23H32N2O6. The van der Waals surface area contributed by atoms with Crippen molar-refractivity contribution in [3.8, 4) is 0 Å². The standard InChI is InChI=1S/C23H32N2O6/c1-6-29-18-13-22(4)25(5)20(27)23(18,31-22)21(28)30-17(12-15(2)3)19(26)24-14-16-10-8-7-9-11-16/h7-11,15,17-18H,6,12-14H2,1-5H3,(H,24,26)/t17-,18+,22+,23-/m0/s1. The number of carbonyl (C=O) groups is 3. The number of esters is 1. The fraction of sp³-hybridized carbons (Fsp3) is 0.609. The van der Waals surface area contributed by atoms with Gasteiger partial charge in [0.05, 0.1) is 0 Å². The van der Waals surface area contributed by atoms with Crippen molar-refractivity contribution in [2.75, 3.05) is 13.7 Å². The van der Waals surface area contributed by atoms with E-state index in [1.54, 1.807) is 20.9 Å². The Labute approximate surface area is 183 Å². The van der Waals surface area contributed by atoms with E-state index < -0.39 is 41.3 Å². The third kappa shape index (κ3) is 4.32. The zero-order valence-electron chi connectivity index (χ0n) is 18.8. The van der Waals surface area contributed by atoms with E-state index in [4.69, 9.17) is 14.2 Å². The Morgan fingerprint density at radius 3 is 2.55 bits per heavy atom. The summed E-state index contributed by atoms with van der Waals surface area (Å²) in [5, 5.41) is 2.82. The minimum atomic E-state index is -1.88. The number of hydrogen-bond acceptors (Lipinski definition) is 6. The van der Waals surface area contributed by atoms with Gasteiger partial charge in [0.2, 0.25) is 0 Å². The van der Waals surface area contributed by atoms with E-state index in [9.17, 15) is 14.4 Å². The van der Waals surface area contributed by atoms with Gasteiger partial charge in [-0.05, 0) is 31.7 Å². The molecule has 0 saturated carbocycles. The molecule has 170 valence electrons. The summed E-state index contributed by atoms with van der Waals surface area (Å²) in [5.41, 5.74) is -1.89. The van der Waals surface area contributed by atoms with Crippen LogP contribution in [0.25, 0.3) is 0 Å². The summed E-state index contributed by atoms with van der Waals surface area (Å²) in [6.45, 7) is 8.05. The lowest BCUT2D eigenvalue weighted by Crippen LogP contribution is -2.60. The van der Waals surface area contributed by atoms with Gasteiger partial charge in [0.15, 0.2) is 6.10 Å². The molecule has 0 aromatic heterocycles. The molecule has 2 bridgehead atoms. The van der Waals surface area contributed by atoms with Crippen LogP contribution in [0.3, 0.4) is 0 Å². The predicted molar refractivity (Wildman–Crippen MR) is 113 cm³/mol. The van der Waals surface area contributed by atoms with Gasteiger partial charge in [0.1, 0.15) is 11.8 Å². The summed E-state index contributed by atoms with van der Waals surface area (Å²) in [7, 11) is 1.59. The monoisotopic (exact) mass is 432 g/mol. The molecule has 2 amide bonds. The van der Waals surface area contributed by atoms with E-state index in [-0.39, 0.29) is 5.92 Å². The molecule has 1 aromatic carbocycles. The van der Waals surface area contributed by atoms with Gasteiger partial charge in [0.25, 0.3) is 17.4 Å². The Hall–Kier alpha value is -2.45. The second kappa shape index (κ2) is 8.96. The van der Waals surface area contributed by atoms with E-state index >= 15 is 0 Å². The maximum Gasteiger partial charge on any atom is 0.352 e. The number of piperidine rings is 1. The van der Waals surface area contributed by atoms with Gasteiger partial charge in [-0.2, -0.15) is 0 Å². The highest BCUT2D eigenvalue weighted by Gasteiger charge is 2.74. The number of benzene rings is 1. The lowest BCUT2D eigenvalue weighted by molar-refractivity contribution is -0.187. The van der Waals surface area contributed by atoms with Crippen LogP contribution in [0.1, 0.15) is 46.1 Å². The molecule has 2 fully saturated rings. The molecule has 2 aliphatic rings. The van der Waals surface area contributed by atoms with Gasteiger partial charge in [0, 0.05) is 26.6 Å². The molecule has 1 N–H and O–H groups in total. The van der Waals surface area contributed by atoms with Gasteiger partial charge >= 0.3 is 5.97 Å². The van der Waals surface area contributed by atoms with Gasteiger partial charge in [-0.15, -0.1) is 0 Å². The Bertz CT molecular complexity index is 829. The number of likely N-dealkylation sites (tertiary alicyclic amines) is 1. The minimum absolute atomic E-state index is 0.0946. The van der Waals surface area contributed by atoms with Crippen LogP contribution in [0.5, 0.6) is 0 Å². The summed E-state index contributed by atoms with van der Waals surface area (Å²) in [6, 6.07) is 9.46. The van der Waals surface area contributed by atoms with Crippen LogP contribution in [0.2, 0.25) is 0 Å². The van der Waals surface area contributed by atoms with E-state index in [1.165, 1.54) is 4.90 Å². The molecule has 0 radical (unpaired) electrons. The number of hydrogen-bond donors (Lipinski definition) is 1. The molecule has 4 atom stereocenters. The molecular weight excluding hydrogens is 400 g/mol. The summed E-state index contributed by atoms with van der Waals surface area (Å²) in [4.78, 5) is 40.6. The van der Waals surface area contributed by atoms with Crippen LogP contribution in [-0.2, 0) is 35.1 Å². The molecule has 1 aromatic rings. The quantitative estimate of drug-likeness (QED) is 0.474. The summed E-state index contributed by atoms with van der Waals surface area (Å²) < 4.78 is 17.3. The summed E-state index contributed by atoms with van der Waals surface area (Å²) in [6.07, 6.45) is -1.12. The summed E-state index contributed by atoms with van der Waals surface area (Å²) in [5.74, 6) is -1.69. The topological polar surface area (TPSA) is 94.2 Å². The normalized spacial score (nSPS) is 28.1. The van der Waals surface area contributed by atoms with Crippen molar-refractivity contribution in [3.63, 3.8) is 0 Å². The molecule has 2 heterocycles. The van der Waals surface area contributed by atoms with Gasteiger partial charge in [-0.25, -0.2) is 4.79 Å². The van der Waals surface area contributed by atoms with Crippen LogP contribution < -0.4 is 5.32 Å². The fourth-order valence-electron chi connectivity index (χ4n) is 4.18. The smallest absolute Gasteiger partial charge is 0.352 e. The molecule has 0 spiro atoms. The number of likely N-dealkylation sites (N-methyl/N-ethyl adjacent to an activating group) is 1. The summed E-state index contributed by atoms with van der Waals surface area (Å²) >= 11 is 0. The third-order valence-electron chi connectivity index (χ3n) is 5.94. The first kappa shape index (κ1) is 23.2. The van der Waals surface area contributed by atoms with E-state index in [1.807, 2.05) is 44.2 Å². The SMILES string of the molecule is CCO[C@@H]1C[C@@]2(C)O[C@]1(C(=O)O[C@@H](CC(C)C)C(=O)NCc1ccccc1)C(=O)N2C. The maximum atomic E-state index is 13.3. The Balaban J connectivity index is 1.77. The lowest BCUT2D eigenvalue weighted by Gasteiger charge is -2.34. The van der Waals surface area contributed by atoms with Crippen molar-refractivity contribution in [1.29, 1.82) is 0 Å². The Morgan fingerprint density at radius 2 is 1.97 bits per heavy atom. The number of ether oxygens (including phenoxy) is 3. The second-order valence-corrected chi connectivity index (χ2v) is 8.75. The van der Waals surface area contributed by atoms with Gasteiger partial charge in [-0.1, -0.05) is 44.2 Å². The molecule has 3 rings (SSSR count). The molecule has 8 nitrogen and oxygen atoms in total. The highest BCUT2D eigenvalue weighted by molar-refractivity contribution is 6.10. The molecule has 2 saturated heterocycles. The number of nitrogens with zero attached hydrogens (tertiary/aromatic N) is 1. The lowest BCUT2D eigenvalue weighted by atomic mass is 9.89. The average molecular weight is 433 g/mol. The predicted octanol–water partition coefficient (Wildman–Crippen LogP) is 2.01. The number of carbonyl (C=O) groups excluding carboxylic acids is 3. The maximum absolute atomic E-state index is 13.3. The third-order valence-corrected chi connectivity index (χ3v) is 5.94. The van der Waals surface area contributed by atoms with Crippen LogP contribution in [0, 0.1) is 5.92 Å². The van der Waals surface area contributed by atoms with Gasteiger partial charge < -0.3 is 24.4 Å². The molecule has 0 unspecified atom stereocenters. The zero-order chi connectivity index (χ0) is 22.8. The number of nitrogens with one attached hydrogen (secondary N) is 1. The van der Waals surface area contributed by atoms with E-state index in [2.05, 4.69) is 5.32 Å². The highest BCUT2D eigenvalue weighted by atomic mass is 16.6. The average Bonchev–Trinajstić information content (AvgIpc) is 3.14. The number of fused-ring (bicyclic) bond motifs is 2. The molecule has 8 heteroatoms. The first-order valence-corrected chi connectivity index (χ1v) is 10.8. The van der Waals surface area contributed by atoms with E-state index in [0.29, 0.717) is 26.0 Å². The Morgan fingerprint density at radius 1 is 1.29 bits per heavy atom. The van der Waals surface area contributed by atoms with E-state index in [0.717, 1.165) is 5.56 Å². The van der Waals surface area contributed by atoms with Crippen molar-refractivity contribution in [2.45, 2.75) is 70.6 Å². The number of rotatable bonds is 9.